The number of aromatic nitrogens is 2. The van der Waals surface area contributed by atoms with E-state index in [2.05, 4.69) is 9.88 Å². The van der Waals surface area contributed by atoms with Crippen LogP contribution in [0.5, 0.6) is 11.5 Å². The summed E-state index contributed by atoms with van der Waals surface area (Å²) in [6.45, 7) is 7.69. The van der Waals surface area contributed by atoms with Crippen molar-refractivity contribution in [2.45, 2.75) is 32.7 Å². The number of fused-ring (bicyclic) bond motifs is 1. The minimum Gasteiger partial charge on any atom is -0.508 e. The number of phenols is 2. The van der Waals surface area contributed by atoms with Crippen molar-refractivity contribution in [2.24, 2.45) is 0 Å². The number of phenolic OH excluding ortho intramolecular Hbond substituents is 2. The van der Waals surface area contributed by atoms with Crippen LogP contribution in [0.1, 0.15) is 46.9 Å². The standard InChI is InChI=1S/C21H26N4O4/c1-13(2)15-9-16(19(27)10-18(15)26)20(28)25-4-3-17-14(12-25)11-22-21(23-17)24-5-7-29-8-6-24/h9-11,13,26-27H,3-8,12H2,1-2H3. The molecule has 1 amide bonds. The van der Waals surface area contributed by atoms with E-state index in [0.717, 1.165) is 24.3 Å². The van der Waals surface area contributed by atoms with Gasteiger partial charge in [-0.15, -0.1) is 0 Å². The fourth-order valence-corrected chi connectivity index (χ4v) is 3.79. The number of carbonyl (C=O) groups excluding carboxylic acids is 1. The Morgan fingerprint density at radius 3 is 2.62 bits per heavy atom. The molecule has 1 saturated heterocycles. The quantitative estimate of drug-likeness (QED) is 0.816. The molecule has 2 aromatic rings. The molecule has 3 heterocycles. The zero-order chi connectivity index (χ0) is 20.5. The molecule has 8 heteroatoms. The third-order valence-electron chi connectivity index (χ3n) is 5.50. The van der Waals surface area contributed by atoms with Gasteiger partial charge in [0.2, 0.25) is 5.95 Å². The molecule has 0 unspecified atom stereocenters. The number of anilines is 1. The van der Waals surface area contributed by atoms with Crippen LogP contribution >= 0.6 is 0 Å². The second-order valence-corrected chi connectivity index (χ2v) is 7.80. The van der Waals surface area contributed by atoms with Gasteiger partial charge in [0.1, 0.15) is 11.5 Å². The number of benzene rings is 1. The highest BCUT2D eigenvalue weighted by Crippen LogP contribution is 2.33. The molecule has 0 saturated carbocycles. The monoisotopic (exact) mass is 398 g/mol. The maximum Gasteiger partial charge on any atom is 0.257 e. The number of carbonyl (C=O) groups is 1. The molecule has 2 N–H and O–H groups in total. The Balaban J connectivity index is 1.54. The Bertz CT molecular complexity index is 925. The zero-order valence-electron chi connectivity index (χ0n) is 16.8. The minimum atomic E-state index is -0.257. The van der Waals surface area contributed by atoms with Crippen LogP contribution in [0.3, 0.4) is 0 Å². The van der Waals surface area contributed by atoms with Gasteiger partial charge in [-0.3, -0.25) is 4.79 Å². The van der Waals surface area contributed by atoms with Crippen LogP contribution in [-0.4, -0.2) is 63.8 Å². The number of hydrogen-bond acceptors (Lipinski definition) is 7. The highest BCUT2D eigenvalue weighted by Gasteiger charge is 2.27. The van der Waals surface area contributed by atoms with Gasteiger partial charge < -0.3 is 24.7 Å². The number of rotatable bonds is 3. The number of aromatic hydroxyl groups is 2. The van der Waals surface area contributed by atoms with E-state index in [1.807, 2.05) is 13.8 Å². The van der Waals surface area contributed by atoms with Crippen molar-refractivity contribution in [1.82, 2.24) is 14.9 Å². The van der Waals surface area contributed by atoms with Crippen molar-refractivity contribution in [3.05, 3.63) is 40.7 Å². The molecule has 29 heavy (non-hydrogen) atoms. The van der Waals surface area contributed by atoms with Crippen LogP contribution in [0.25, 0.3) is 0 Å². The van der Waals surface area contributed by atoms with Gasteiger partial charge in [-0.1, -0.05) is 13.8 Å². The van der Waals surface area contributed by atoms with Gasteiger partial charge in [0.25, 0.3) is 5.91 Å². The minimum absolute atomic E-state index is 0.00193. The van der Waals surface area contributed by atoms with Crippen LogP contribution < -0.4 is 4.90 Å². The molecule has 1 aromatic carbocycles. The predicted molar refractivity (Wildman–Crippen MR) is 107 cm³/mol. The molecular formula is C21H26N4O4. The lowest BCUT2D eigenvalue weighted by molar-refractivity contribution is 0.0730. The third-order valence-corrected chi connectivity index (χ3v) is 5.50. The summed E-state index contributed by atoms with van der Waals surface area (Å²) < 4.78 is 5.38. The average Bonchev–Trinajstić information content (AvgIpc) is 2.73. The Kier molecular flexibility index (Phi) is 5.27. The largest absolute Gasteiger partial charge is 0.508 e. The first-order valence-corrected chi connectivity index (χ1v) is 9.96. The van der Waals surface area contributed by atoms with Crippen molar-refractivity contribution in [1.29, 1.82) is 0 Å². The van der Waals surface area contributed by atoms with E-state index in [4.69, 9.17) is 9.72 Å². The second kappa shape index (κ2) is 7.87. The molecule has 4 rings (SSSR count). The summed E-state index contributed by atoms with van der Waals surface area (Å²) in [6, 6.07) is 2.84. The van der Waals surface area contributed by atoms with Crippen molar-refractivity contribution in [3.8, 4) is 11.5 Å². The Hall–Kier alpha value is -2.87. The molecule has 0 bridgehead atoms. The van der Waals surface area contributed by atoms with Gasteiger partial charge in [-0.2, -0.15) is 0 Å². The van der Waals surface area contributed by atoms with E-state index in [-0.39, 0.29) is 28.9 Å². The Labute approximate surface area is 169 Å². The van der Waals surface area contributed by atoms with E-state index in [1.165, 1.54) is 6.07 Å². The van der Waals surface area contributed by atoms with Crippen LogP contribution in [0, 0.1) is 0 Å². The topological polar surface area (TPSA) is 99.0 Å². The van der Waals surface area contributed by atoms with Gasteiger partial charge in [0, 0.05) is 50.4 Å². The van der Waals surface area contributed by atoms with Crippen LogP contribution in [-0.2, 0) is 17.7 Å². The van der Waals surface area contributed by atoms with Crippen molar-refractivity contribution < 1.29 is 19.7 Å². The first kappa shape index (κ1) is 19.4. The highest BCUT2D eigenvalue weighted by atomic mass is 16.5. The van der Waals surface area contributed by atoms with Gasteiger partial charge in [0.05, 0.1) is 24.5 Å². The number of hydrogen-bond donors (Lipinski definition) is 2. The van der Waals surface area contributed by atoms with E-state index < -0.39 is 0 Å². The lowest BCUT2D eigenvalue weighted by Gasteiger charge is -2.31. The number of ether oxygens (including phenoxy) is 1. The normalized spacial score (nSPS) is 16.8. The molecular weight excluding hydrogens is 372 g/mol. The lowest BCUT2D eigenvalue weighted by Crippen LogP contribution is -2.39. The number of morpholine rings is 1. The van der Waals surface area contributed by atoms with Crippen LogP contribution in [0.4, 0.5) is 5.95 Å². The van der Waals surface area contributed by atoms with Crippen molar-refractivity contribution >= 4 is 11.9 Å². The number of amides is 1. The van der Waals surface area contributed by atoms with Crippen LogP contribution in [0.15, 0.2) is 18.3 Å². The fraction of sp³-hybridized carbons (Fsp3) is 0.476. The smallest absolute Gasteiger partial charge is 0.257 e. The van der Waals surface area contributed by atoms with Crippen molar-refractivity contribution in [2.75, 3.05) is 37.7 Å². The zero-order valence-corrected chi connectivity index (χ0v) is 16.8. The molecule has 2 aliphatic heterocycles. The third kappa shape index (κ3) is 3.85. The molecule has 1 aromatic heterocycles. The lowest BCUT2D eigenvalue weighted by atomic mass is 9.97. The summed E-state index contributed by atoms with van der Waals surface area (Å²) in [5.74, 6) is 0.289. The molecule has 0 spiro atoms. The second-order valence-electron chi connectivity index (χ2n) is 7.80. The summed E-state index contributed by atoms with van der Waals surface area (Å²) in [5.41, 5.74) is 2.73. The molecule has 1 fully saturated rings. The molecule has 0 radical (unpaired) electrons. The van der Waals surface area contributed by atoms with E-state index in [9.17, 15) is 15.0 Å². The average molecular weight is 398 g/mol. The summed E-state index contributed by atoms with van der Waals surface area (Å²) in [4.78, 5) is 26.1. The Morgan fingerprint density at radius 1 is 1.14 bits per heavy atom. The predicted octanol–water partition coefficient (Wildman–Crippen LogP) is 2.05. The van der Waals surface area contributed by atoms with Crippen LogP contribution in [0.2, 0.25) is 0 Å². The Morgan fingerprint density at radius 2 is 1.90 bits per heavy atom. The van der Waals surface area contributed by atoms with E-state index in [0.29, 0.717) is 44.2 Å². The molecule has 8 nitrogen and oxygen atoms in total. The maximum absolute atomic E-state index is 13.1. The molecule has 2 aliphatic rings. The number of nitrogens with zero attached hydrogens (tertiary/aromatic N) is 4. The summed E-state index contributed by atoms with van der Waals surface area (Å²) in [5, 5.41) is 20.3. The summed E-state index contributed by atoms with van der Waals surface area (Å²) >= 11 is 0. The van der Waals surface area contributed by atoms with Gasteiger partial charge in [0.15, 0.2) is 0 Å². The van der Waals surface area contributed by atoms with Crippen molar-refractivity contribution in [3.63, 3.8) is 0 Å². The van der Waals surface area contributed by atoms with Gasteiger partial charge in [-0.25, -0.2) is 9.97 Å². The SMILES string of the molecule is CC(C)c1cc(C(=O)N2CCc3nc(N4CCOCC4)ncc3C2)c(O)cc1O. The fourth-order valence-electron chi connectivity index (χ4n) is 3.79. The molecule has 0 atom stereocenters. The maximum atomic E-state index is 13.1. The van der Waals surface area contributed by atoms with E-state index in [1.54, 1.807) is 17.2 Å². The summed E-state index contributed by atoms with van der Waals surface area (Å²) in [6.07, 6.45) is 2.43. The van der Waals surface area contributed by atoms with E-state index >= 15 is 0 Å². The van der Waals surface area contributed by atoms with Gasteiger partial charge in [-0.05, 0) is 17.5 Å². The summed E-state index contributed by atoms with van der Waals surface area (Å²) in [7, 11) is 0. The van der Waals surface area contributed by atoms with Gasteiger partial charge >= 0.3 is 0 Å². The molecule has 154 valence electrons. The first-order chi connectivity index (χ1) is 13.9. The first-order valence-electron chi connectivity index (χ1n) is 9.96. The molecule has 0 aliphatic carbocycles. The highest BCUT2D eigenvalue weighted by molar-refractivity contribution is 5.97.